The standard InChI is InChI=1S/C10H19NO3.C2H4O2/c11-10(5-2-1-3-6-10)9(13)14-8-4-7-12;1-2(3)4/h12H,1-8,11H2;1H3,(H,3,4). The number of nitrogens with two attached hydrogens (primary N) is 1. The summed E-state index contributed by atoms with van der Waals surface area (Å²) in [7, 11) is 0. The number of aliphatic carboxylic acids is 1. The Balaban J connectivity index is 0.000000631. The van der Waals surface area contributed by atoms with Gasteiger partial charge in [0, 0.05) is 20.0 Å². The molecule has 1 fully saturated rings. The fourth-order valence-corrected chi connectivity index (χ4v) is 1.76. The lowest BCUT2D eigenvalue weighted by Crippen LogP contribution is -2.50. The number of hydrogen-bond donors (Lipinski definition) is 3. The molecule has 0 amide bonds. The van der Waals surface area contributed by atoms with E-state index < -0.39 is 11.5 Å². The fourth-order valence-electron chi connectivity index (χ4n) is 1.76. The van der Waals surface area contributed by atoms with Gasteiger partial charge >= 0.3 is 5.97 Å². The van der Waals surface area contributed by atoms with Gasteiger partial charge in [-0.25, -0.2) is 0 Å². The van der Waals surface area contributed by atoms with E-state index in [1.807, 2.05) is 0 Å². The third-order valence-electron chi connectivity index (χ3n) is 2.69. The molecule has 6 heteroatoms. The second-order valence-corrected chi connectivity index (χ2v) is 4.45. The van der Waals surface area contributed by atoms with Gasteiger partial charge in [0.25, 0.3) is 5.97 Å². The Hall–Kier alpha value is -1.14. The molecule has 0 bridgehead atoms. The van der Waals surface area contributed by atoms with Gasteiger partial charge in [-0.2, -0.15) is 0 Å². The Kier molecular flexibility index (Phi) is 8.32. The third kappa shape index (κ3) is 7.24. The van der Waals surface area contributed by atoms with E-state index in [4.69, 9.17) is 25.5 Å². The highest BCUT2D eigenvalue weighted by molar-refractivity contribution is 5.80. The predicted octanol–water partition coefficient (Wildman–Crippen LogP) is 0.664. The van der Waals surface area contributed by atoms with E-state index in [0.29, 0.717) is 6.42 Å². The van der Waals surface area contributed by atoms with Crippen LogP contribution in [-0.4, -0.2) is 40.9 Å². The molecule has 0 spiro atoms. The van der Waals surface area contributed by atoms with Crippen LogP contribution in [0.25, 0.3) is 0 Å². The van der Waals surface area contributed by atoms with Crippen molar-refractivity contribution in [3.05, 3.63) is 0 Å². The van der Waals surface area contributed by atoms with Crippen LogP contribution in [0, 0.1) is 0 Å². The molecular weight excluding hydrogens is 238 g/mol. The summed E-state index contributed by atoms with van der Waals surface area (Å²) in [6.07, 6.45) is 5.11. The van der Waals surface area contributed by atoms with E-state index in [9.17, 15) is 4.79 Å². The molecular formula is C12H23NO5. The van der Waals surface area contributed by atoms with Crippen molar-refractivity contribution in [1.29, 1.82) is 0 Å². The van der Waals surface area contributed by atoms with Crippen molar-refractivity contribution < 1.29 is 24.5 Å². The minimum absolute atomic E-state index is 0.0465. The summed E-state index contributed by atoms with van der Waals surface area (Å²) in [5, 5.41) is 15.9. The quantitative estimate of drug-likeness (QED) is 0.506. The van der Waals surface area contributed by atoms with E-state index in [-0.39, 0.29) is 19.2 Å². The fraction of sp³-hybridized carbons (Fsp3) is 0.833. The lowest BCUT2D eigenvalue weighted by atomic mass is 9.83. The summed E-state index contributed by atoms with van der Waals surface area (Å²) in [6.45, 7) is 1.40. The van der Waals surface area contributed by atoms with Crippen LogP contribution in [-0.2, 0) is 14.3 Å². The van der Waals surface area contributed by atoms with E-state index in [0.717, 1.165) is 39.0 Å². The van der Waals surface area contributed by atoms with Gasteiger partial charge in [-0.15, -0.1) is 0 Å². The number of aliphatic hydroxyl groups excluding tert-OH is 1. The van der Waals surface area contributed by atoms with Crippen molar-refractivity contribution in [3.8, 4) is 0 Å². The summed E-state index contributed by atoms with van der Waals surface area (Å²) < 4.78 is 5.00. The molecule has 0 aromatic heterocycles. The van der Waals surface area contributed by atoms with Gasteiger partial charge < -0.3 is 20.7 Å². The number of ether oxygens (including phenoxy) is 1. The van der Waals surface area contributed by atoms with E-state index in [2.05, 4.69) is 0 Å². The lowest BCUT2D eigenvalue weighted by Gasteiger charge is -2.30. The first-order valence-electron chi connectivity index (χ1n) is 6.19. The summed E-state index contributed by atoms with van der Waals surface area (Å²) in [5.41, 5.74) is 5.19. The molecule has 0 atom stereocenters. The summed E-state index contributed by atoms with van der Waals surface area (Å²) in [4.78, 5) is 20.6. The minimum atomic E-state index is -0.833. The molecule has 4 N–H and O–H groups in total. The van der Waals surface area contributed by atoms with Gasteiger partial charge in [0.1, 0.15) is 5.54 Å². The van der Waals surface area contributed by atoms with Gasteiger partial charge in [0.05, 0.1) is 6.61 Å². The Morgan fingerprint density at radius 2 is 1.78 bits per heavy atom. The first-order chi connectivity index (χ1) is 8.42. The van der Waals surface area contributed by atoms with Crippen LogP contribution in [0.5, 0.6) is 0 Å². The molecule has 0 saturated heterocycles. The molecule has 6 nitrogen and oxygen atoms in total. The van der Waals surface area contributed by atoms with Gasteiger partial charge in [0.2, 0.25) is 0 Å². The Morgan fingerprint density at radius 1 is 1.28 bits per heavy atom. The van der Waals surface area contributed by atoms with Gasteiger partial charge in [0.15, 0.2) is 0 Å². The number of carboxylic acid groups (broad SMARTS) is 1. The Bertz CT molecular complexity index is 257. The molecule has 1 saturated carbocycles. The zero-order valence-electron chi connectivity index (χ0n) is 10.9. The zero-order chi connectivity index (χ0) is 14.0. The first kappa shape index (κ1) is 16.9. The number of esters is 1. The SMILES string of the molecule is CC(=O)O.NC1(C(=O)OCCCO)CCCCC1. The molecule has 1 aliphatic carbocycles. The highest BCUT2D eigenvalue weighted by atomic mass is 16.5. The topological polar surface area (TPSA) is 110 Å². The van der Waals surface area contributed by atoms with Crippen LogP contribution >= 0.6 is 0 Å². The van der Waals surface area contributed by atoms with Crippen molar-refractivity contribution in [1.82, 2.24) is 0 Å². The predicted molar refractivity (Wildman–Crippen MR) is 66.0 cm³/mol. The molecule has 0 aliphatic heterocycles. The van der Waals surface area contributed by atoms with Crippen molar-refractivity contribution in [2.75, 3.05) is 13.2 Å². The van der Waals surface area contributed by atoms with Crippen molar-refractivity contribution >= 4 is 11.9 Å². The zero-order valence-corrected chi connectivity index (χ0v) is 10.9. The number of aliphatic hydroxyl groups is 1. The van der Waals surface area contributed by atoms with Gasteiger partial charge in [-0.3, -0.25) is 9.59 Å². The maximum Gasteiger partial charge on any atom is 0.326 e. The largest absolute Gasteiger partial charge is 0.481 e. The second-order valence-electron chi connectivity index (χ2n) is 4.45. The molecule has 0 aromatic rings. The number of carbonyl (C=O) groups is 2. The smallest absolute Gasteiger partial charge is 0.326 e. The van der Waals surface area contributed by atoms with Crippen LogP contribution in [0.1, 0.15) is 45.4 Å². The molecule has 0 aromatic carbocycles. The minimum Gasteiger partial charge on any atom is -0.481 e. The number of carboxylic acids is 1. The third-order valence-corrected chi connectivity index (χ3v) is 2.69. The normalized spacial score (nSPS) is 17.3. The van der Waals surface area contributed by atoms with E-state index >= 15 is 0 Å². The van der Waals surface area contributed by atoms with Crippen LogP contribution < -0.4 is 5.73 Å². The van der Waals surface area contributed by atoms with E-state index in [1.54, 1.807) is 0 Å². The van der Waals surface area contributed by atoms with E-state index in [1.165, 1.54) is 0 Å². The van der Waals surface area contributed by atoms with Gasteiger partial charge in [-0.05, 0) is 12.8 Å². The first-order valence-corrected chi connectivity index (χ1v) is 6.19. The number of rotatable bonds is 4. The average Bonchev–Trinajstić information content (AvgIpc) is 2.29. The van der Waals surface area contributed by atoms with Crippen molar-refractivity contribution in [2.24, 2.45) is 5.73 Å². The average molecular weight is 261 g/mol. The van der Waals surface area contributed by atoms with Crippen molar-refractivity contribution in [2.45, 2.75) is 51.0 Å². The summed E-state index contributed by atoms with van der Waals surface area (Å²) in [6, 6.07) is 0. The highest BCUT2D eigenvalue weighted by Gasteiger charge is 2.36. The Morgan fingerprint density at radius 3 is 2.22 bits per heavy atom. The van der Waals surface area contributed by atoms with Crippen LogP contribution in [0.15, 0.2) is 0 Å². The monoisotopic (exact) mass is 261 g/mol. The molecule has 0 radical (unpaired) electrons. The Labute approximate surface area is 107 Å². The summed E-state index contributed by atoms with van der Waals surface area (Å²) in [5.74, 6) is -1.13. The molecule has 1 aliphatic rings. The second kappa shape index (κ2) is 8.88. The maximum atomic E-state index is 11.6. The van der Waals surface area contributed by atoms with Crippen LogP contribution in [0.4, 0.5) is 0 Å². The maximum absolute atomic E-state index is 11.6. The highest BCUT2D eigenvalue weighted by Crippen LogP contribution is 2.26. The van der Waals surface area contributed by atoms with Crippen molar-refractivity contribution in [3.63, 3.8) is 0 Å². The summed E-state index contributed by atoms with van der Waals surface area (Å²) >= 11 is 0. The molecule has 18 heavy (non-hydrogen) atoms. The number of carbonyl (C=O) groups excluding carboxylic acids is 1. The van der Waals surface area contributed by atoms with Gasteiger partial charge in [-0.1, -0.05) is 19.3 Å². The molecule has 106 valence electrons. The molecule has 0 unspecified atom stereocenters. The van der Waals surface area contributed by atoms with Crippen LogP contribution in [0.3, 0.4) is 0 Å². The molecule has 1 rings (SSSR count). The number of hydrogen-bond acceptors (Lipinski definition) is 5. The van der Waals surface area contributed by atoms with Crippen LogP contribution in [0.2, 0.25) is 0 Å². The lowest BCUT2D eigenvalue weighted by molar-refractivity contribution is -0.151. The molecule has 0 heterocycles.